The van der Waals surface area contributed by atoms with Crippen LogP contribution >= 0.6 is 22.6 Å². The van der Waals surface area contributed by atoms with Crippen molar-refractivity contribution in [1.82, 2.24) is 29.1 Å². The lowest BCUT2D eigenvalue weighted by atomic mass is 10.2. The molecule has 0 unspecified atom stereocenters. The maximum atomic E-state index is 4.98. The molecule has 176 valence electrons. The molecular formula is C30H19IN6. The number of rotatable bonds is 4. The van der Waals surface area contributed by atoms with Crippen molar-refractivity contribution in [3.05, 3.63) is 119 Å². The highest BCUT2D eigenvalue weighted by Crippen LogP contribution is 2.31. The molecule has 0 bridgehead atoms. The molecule has 0 aliphatic carbocycles. The molecule has 0 N–H and O–H groups in total. The molecule has 0 spiro atoms. The summed E-state index contributed by atoms with van der Waals surface area (Å²) in [5.41, 5.74) is 5.84. The predicted octanol–water partition coefficient (Wildman–Crippen LogP) is 7.09. The number of imidazole rings is 2. The lowest BCUT2D eigenvalue weighted by molar-refractivity contribution is 0.932. The van der Waals surface area contributed by atoms with Crippen molar-refractivity contribution in [3.63, 3.8) is 0 Å². The third-order valence-electron chi connectivity index (χ3n) is 6.32. The van der Waals surface area contributed by atoms with Gasteiger partial charge in [-0.1, -0.05) is 84.9 Å². The van der Waals surface area contributed by atoms with Crippen LogP contribution < -0.4 is 0 Å². The van der Waals surface area contributed by atoms with Crippen molar-refractivity contribution in [3.8, 4) is 34.4 Å². The van der Waals surface area contributed by atoms with Crippen LogP contribution in [0.3, 0.4) is 0 Å². The minimum atomic E-state index is 0.638. The quantitative estimate of drug-likeness (QED) is 0.162. The van der Waals surface area contributed by atoms with Gasteiger partial charge in [-0.25, -0.2) is 19.9 Å². The van der Waals surface area contributed by atoms with Gasteiger partial charge in [0, 0.05) is 39.8 Å². The summed E-state index contributed by atoms with van der Waals surface area (Å²) in [6, 6.07) is 38.7. The zero-order valence-electron chi connectivity index (χ0n) is 19.5. The van der Waals surface area contributed by atoms with E-state index in [0.717, 1.165) is 56.5 Å². The molecule has 0 amide bonds. The van der Waals surface area contributed by atoms with Gasteiger partial charge in [-0.2, -0.15) is 0 Å². The van der Waals surface area contributed by atoms with E-state index in [0.29, 0.717) is 3.83 Å². The van der Waals surface area contributed by atoms with Crippen molar-refractivity contribution < 1.29 is 0 Å². The topological polar surface area (TPSA) is 61.4 Å². The van der Waals surface area contributed by atoms with Crippen LogP contribution in [-0.4, -0.2) is 29.1 Å². The summed E-state index contributed by atoms with van der Waals surface area (Å²) in [4.78, 5) is 19.7. The fourth-order valence-corrected chi connectivity index (χ4v) is 5.19. The first-order valence-electron chi connectivity index (χ1n) is 11.9. The third-order valence-corrected chi connectivity index (χ3v) is 6.80. The van der Waals surface area contributed by atoms with Crippen LogP contribution in [0.25, 0.3) is 56.5 Å². The monoisotopic (exact) mass is 590 g/mol. The first-order valence-corrected chi connectivity index (χ1v) is 13.0. The van der Waals surface area contributed by atoms with Gasteiger partial charge in [0.1, 0.15) is 23.3 Å². The SMILES string of the molecule is Ic1nc(-n2c(-c3ccccc3)nc3ccccc32)cc(-n2c(-c3ccccc3)nc3ccccc32)n1. The van der Waals surface area contributed by atoms with Gasteiger partial charge in [-0.15, -0.1) is 0 Å². The Morgan fingerprint density at radius 2 is 0.865 bits per heavy atom. The number of aromatic nitrogens is 6. The minimum Gasteiger partial charge on any atom is -0.276 e. The lowest BCUT2D eigenvalue weighted by Gasteiger charge is -2.13. The van der Waals surface area contributed by atoms with E-state index in [1.54, 1.807) is 0 Å². The summed E-state index contributed by atoms with van der Waals surface area (Å²) in [7, 11) is 0. The Balaban J connectivity index is 1.52. The van der Waals surface area contributed by atoms with E-state index in [9.17, 15) is 0 Å². The van der Waals surface area contributed by atoms with E-state index in [1.165, 1.54) is 0 Å². The first-order chi connectivity index (χ1) is 18.3. The molecule has 0 radical (unpaired) electrons. The summed E-state index contributed by atoms with van der Waals surface area (Å²) in [5.74, 6) is 3.17. The number of hydrogen-bond donors (Lipinski definition) is 0. The number of fused-ring (bicyclic) bond motifs is 2. The lowest BCUT2D eigenvalue weighted by Crippen LogP contribution is -2.08. The second kappa shape index (κ2) is 8.94. The number of halogens is 1. The molecule has 0 aliphatic heterocycles. The van der Waals surface area contributed by atoms with Crippen LogP contribution in [0, 0.1) is 3.83 Å². The Morgan fingerprint density at radius 3 is 1.32 bits per heavy atom. The zero-order chi connectivity index (χ0) is 24.8. The smallest absolute Gasteiger partial charge is 0.194 e. The van der Waals surface area contributed by atoms with E-state index in [4.69, 9.17) is 19.9 Å². The van der Waals surface area contributed by atoms with Crippen molar-refractivity contribution in [2.24, 2.45) is 0 Å². The highest BCUT2D eigenvalue weighted by atomic mass is 127. The van der Waals surface area contributed by atoms with Gasteiger partial charge >= 0.3 is 0 Å². The van der Waals surface area contributed by atoms with Gasteiger partial charge < -0.3 is 0 Å². The maximum Gasteiger partial charge on any atom is 0.194 e. The molecule has 7 rings (SSSR count). The van der Waals surface area contributed by atoms with Crippen LogP contribution in [-0.2, 0) is 0 Å². The van der Waals surface area contributed by atoms with Gasteiger partial charge in [0.2, 0.25) is 0 Å². The van der Waals surface area contributed by atoms with Gasteiger partial charge in [0.15, 0.2) is 3.83 Å². The highest BCUT2D eigenvalue weighted by Gasteiger charge is 2.20. The standard InChI is InChI=1S/C30H19IN6/c31-30-34-26(36-24-17-9-7-15-22(24)32-28(36)20-11-3-1-4-12-20)19-27(35-30)37-25-18-10-8-16-23(25)33-29(37)21-13-5-2-6-14-21/h1-19H. The number of para-hydroxylation sites is 4. The maximum absolute atomic E-state index is 4.98. The van der Waals surface area contributed by atoms with Crippen molar-refractivity contribution in [2.75, 3.05) is 0 Å². The molecule has 37 heavy (non-hydrogen) atoms. The molecule has 4 aromatic carbocycles. The Bertz CT molecular complexity index is 1750. The fraction of sp³-hybridized carbons (Fsp3) is 0. The third kappa shape index (κ3) is 3.79. The van der Waals surface area contributed by atoms with Crippen molar-refractivity contribution in [1.29, 1.82) is 0 Å². The summed E-state index contributed by atoms with van der Waals surface area (Å²) in [6.45, 7) is 0. The van der Waals surface area contributed by atoms with E-state index in [2.05, 4.69) is 68.1 Å². The average Bonchev–Trinajstić information content (AvgIpc) is 3.53. The van der Waals surface area contributed by atoms with Gasteiger partial charge in [-0.05, 0) is 24.3 Å². The molecular weight excluding hydrogens is 571 g/mol. The number of benzene rings is 4. The predicted molar refractivity (Wildman–Crippen MR) is 155 cm³/mol. The molecule has 7 aromatic rings. The van der Waals surface area contributed by atoms with Crippen LogP contribution in [0.2, 0.25) is 0 Å². The average molecular weight is 590 g/mol. The van der Waals surface area contributed by atoms with Crippen LogP contribution in [0.1, 0.15) is 0 Å². The Kier molecular flexibility index (Phi) is 5.28. The molecule has 6 nitrogen and oxygen atoms in total. The van der Waals surface area contributed by atoms with E-state index in [1.807, 2.05) is 78.9 Å². The van der Waals surface area contributed by atoms with Gasteiger partial charge in [0.25, 0.3) is 0 Å². The summed E-state index contributed by atoms with van der Waals surface area (Å²) >= 11 is 2.19. The Hall–Kier alpha value is -4.37. The van der Waals surface area contributed by atoms with E-state index >= 15 is 0 Å². The summed E-state index contributed by atoms with van der Waals surface area (Å²) < 4.78 is 4.86. The van der Waals surface area contributed by atoms with Gasteiger partial charge in [-0.3, -0.25) is 9.13 Å². The molecule has 0 saturated carbocycles. The Labute approximate surface area is 226 Å². The summed E-state index contributed by atoms with van der Waals surface area (Å²) in [6.07, 6.45) is 0. The zero-order valence-corrected chi connectivity index (χ0v) is 21.7. The van der Waals surface area contributed by atoms with E-state index in [-0.39, 0.29) is 0 Å². The number of hydrogen-bond acceptors (Lipinski definition) is 4. The Morgan fingerprint density at radius 1 is 0.459 bits per heavy atom. The molecule has 3 heterocycles. The van der Waals surface area contributed by atoms with Crippen molar-refractivity contribution >= 4 is 44.7 Å². The molecule has 3 aromatic heterocycles. The molecule has 0 aliphatic rings. The molecule has 7 heteroatoms. The second-order valence-corrected chi connectivity index (χ2v) is 9.57. The van der Waals surface area contributed by atoms with Gasteiger partial charge in [0.05, 0.1) is 22.1 Å². The molecule has 0 atom stereocenters. The highest BCUT2D eigenvalue weighted by molar-refractivity contribution is 14.1. The fourth-order valence-electron chi connectivity index (χ4n) is 4.70. The second-order valence-electron chi connectivity index (χ2n) is 8.60. The summed E-state index contributed by atoms with van der Waals surface area (Å²) in [5, 5.41) is 0. The van der Waals surface area contributed by atoms with Crippen LogP contribution in [0.4, 0.5) is 0 Å². The van der Waals surface area contributed by atoms with Crippen molar-refractivity contribution in [2.45, 2.75) is 0 Å². The first kappa shape index (κ1) is 21.9. The van der Waals surface area contributed by atoms with Crippen LogP contribution in [0.15, 0.2) is 115 Å². The molecule has 0 fully saturated rings. The normalized spacial score (nSPS) is 11.4. The number of nitrogens with zero attached hydrogens (tertiary/aromatic N) is 6. The molecule has 0 saturated heterocycles. The largest absolute Gasteiger partial charge is 0.276 e. The van der Waals surface area contributed by atoms with Crippen LogP contribution in [0.5, 0.6) is 0 Å². The minimum absolute atomic E-state index is 0.638. The van der Waals surface area contributed by atoms with E-state index < -0.39 is 0 Å².